The highest BCUT2D eigenvalue weighted by molar-refractivity contribution is 7.16. The highest BCUT2D eigenvalue weighted by Crippen LogP contribution is 2.24. The normalized spacial score (nSPS) is 11.4. The molecule has 0 saturated heterocycles. The number of thiophene rings is 1. The van der Waals surface area contributed by atoms with E-state index in [1.165, 1.54) is 17.1 Å². The molecule has 1 aromatic carbocycles. The summed E-state index contributed by atoms with van der Waals surface area (Å²) in [6, 6.07) is 9.73. The molecule has 27 heavy (non-hydrogen) atoms. The van der Waals surface area contributed by atoms with Crippen LogP contribution < -0.4 is 0 Å². The van der Waals surface area contributed by atoms with Crippen molar-refractivity contribution < 1.29 is 4.92 Å². The van der Waals surface area contributed by atoms with Crippen molar-refractivity contribution in [3.63, 3.8) is 0 Å². The van der Waals surface area contributed by atoms with Gasteiger partial charge in [-0.1, -0.05) is 24.3 Å². The van der Waals surface area contributed by atoms with Crippen LogP contribution in [0.25, 0.3) is 27.3 Å². The molecule has 0 bridgehead atoms. The topological polar surface area (TPSA) is 104 Å². The number of hydrogen-bond acceptors (Lipinski definition) is 7. The molecule has 0 N–H and O–H groups in total. The summed E-state index contributed by atoms with van der Waals surface area (Å²) in [6.07, 6.45) is 4.33. The summed E-state index contributed by atoms with van der Waals surface area (Å²) >= 11 is 1.57. The van der Waals surface area contributed by atoms with Crippen molar-refractivity contribution in [2.75, 3.05) is 0 Å². The molecule has 0 saturated carbocycles. The van der Waals surface area contributed by atoms with Crippen molar-refractivity contribution in [1.29, 1.82) is 0 Å². The number of rotatable bonds is 4. The quantitative estimate of drug-likeness (QED) is 0.352. The molecule has 0 aliphatic heterocycles. The van der Waals surface area contributed by atoms with Gasteiger partial charge in [-0.05, 0) is 17.0 Å². The fraction of sp³-hybridized carbons (Fsp3) is 0.0588. The second-order valence-corrected chi connectivity index (χ2v) is 6.83. The standard InChI is InChI=1S/C17H11N7O2S/c25-24(26)13-7-19-22(9-13)8-11-1-3-12(4-2-11)15-20-16-14-5-6-27-17(14)18-10-23(16)21-15/h1-7,9-10H,8H2. The summed E-state index contributed by atoms with van der Waals surface area (Å²) in [6.45, 7) is 0.451. The minimum Gasteiger partial charge on any atom is -0.261 e. The van der Waals surface area contributed by atoms with E-state index in [-0.39, 0.29) is 5.69 Å². The van der Waals surface area contributed by atoms with Gasteiger partial charge in [-0.15, -0.1) is 16.4 Å². The van der Waals surface area contributed by atoms with E-state index in [2.05, 4.69) is 20.2 Å². The lowest BCUT2D eigenvalue weighted by Crippen LogP contribution is -1.99. The molecule has 9 nitrogen and oxygen atoms in total. The number of nitro groups is 1. The van der Waals surface area contributed by atoms with Gasteiger partial charge < -0.3 is 0 Å². The molecule has 0 aliphatic carbocycles. The summed E-state index contributed by atoms with van der Waals surface area (Å²) in [5, 5.41) is 22.2. The zero-order valence-electron chi connectivity index (χ0n) is 13.8. The average Bonchev–Trinajstić information content (AvgIpc) is 3.40. The van der Waals surface area contributed by atoms with Crippen molar-refractivity contribution >= 4 is 32.9 Å². The third-order valence-corrected chi connectivity index (χ3v) is 5.01. The average molecular weight is 377 g/mol. The summed E-state index contributed by atoms with van der Waals surface area (Å²) in [4.78, 5) is 20.2. The smallest absolute Gasteiger partial charge is 0.261 e. The van der Waals surface area contributed by atoms with Gasteiger partial charge in [0.25, 0.3) is 0 Å². The highest BCUT2D eigenvalue weighted by Gasteiger charge is 2.12. The first-order chi connectivity index (χ1) is 13.2. The van der Waals surface area contributed by atoms with Gasteiger partial charge in [0.2, 0.25) is 0 Å². The van der Waals surface area contributed by atoms with Crippen LogP contribution in [0.15, 0.2) is 54.4 Å². The van der Waals surface area contributed by atoms with Gasteiger partial charge in [0, 0.05) is 5.56 Å². The summed E-state index contributed by atoms with van der Waals surface area (Å²) in [5.41, 5.74) is 2.62. The minimum absolute atomic E-state index is 0.0196. The van der Waals surface area contributed by atoms with Crippen LogP contribution >= 0.6 is 11.3 Å². The zero-order chi connectivity index (χ0) is 18.4. The number of hydrogen-bond donors (Lipinski definition) is 0. The van der Waals surface area contributed by atoms with Crippen LogP contribution in [-0.2, 0) is 6.54 Å². The molecule has 132 valence electrons. The first kappa shape index (κ1) is 15.6. The van der Waals surface area contributed by atoms with E-state index < -0.39 is 4.92 Å². The molecule has 0 unspecified atom stereocenters. The molecular weight excluding hydrogens is 366 g/mol. The van der Waals surface area contributed by atoms with Crippen LogP contribution in [0.3, 0.4) is 0 Å². The molecule has 4 heterocycles. The third kappa shape index (κ3) is 2.72. The molecule has 0 spiro atoms. The van der Waals surface area contributed by atoms with Gasteiger partial charge in [0.15, 0.2) is 11.5 Å². The maximum atomic E-state index is 10.7. The molecule has 0 radical (unpaired) electrons. The number of aromatic nitrogens is 6. The molecule has 0 fully saturated rings. The van der Waals surface area contributed by atoms with Gasteiger partial charge in [-0.25, -0.2) is 14.5 Å². The number of fused-ring (bicyclic) bond motifs is 3. The Bertz CT molecular complexity index is 1290. The van der Waals surface area contributed by atoms with E-state index >= 15 is 0 Å². The third-order valence-electron chi connectivity index (χ3n) is 4.19. The van der Waals surface area contributed by atoms with Gasteiger partial charge in [-0.2, -0.15) is 5.10 Å². The predicted molar refractivity (Wildman–Crippen MR) is 99.6 cm³/mol. The van der Waals surface area contributed by atoms with Crippen LogP contribution in [0.2, 0.25) is 0 Å². The van der Waals surface area contributed by atoms with Crippen molar-refractivity contribution in [3.05, 3.63) is 70.1 Å². The van der Waals surface area contributed by atoms with Crippen molar-refractivity contribution in [1.82, 2.24) is 29.4 Å². The molecular formula is C17H11N7O2S. The Balaban J connectivity index is 1.44. The predicted octanol–water partition coefficient (Wildman–Crippen LogP) is 3.16. The molecule has 0 aliphatic rings. The highest BCUT2D eigenvalue weighted by atomic mass is 32.1. The van der Waals surface area contributed by atoms with Crippen LogP contribution in [0.5, 0.6) is 0 Å². The minimum atomic E-state index is -0.457. The Morgan fingerprint density at radius 1 is 1.19 bits per heavy atom. The second kappa shape index (κ2) is 5.95. The lowest BCUT2D eigenvalue weighted by atomic mass is 10.1. The van der Waals surface area contributed by atoms with E-state index in [1.54, 1.807) is 22.2 Å². The number of benzene rings is 1. The molecule has 0 atom stereocenters. The SMILES string of the molecule is O=[N+]([O-])c1cnn(Cc2ccc(-c3nc4c5ccsc5ncn4n3)cc2)c1. The van der Waals surface area contributed by atoms with Crippen molar-refractivity contribution in [2.24, 2.45) is 0 Å². The fourth-order valence-electron chi connectivity index (χ4n) is 2.87. The monoisotopic (exact) mass is 377 g/mol. The summed E-state index contributed by atoms with van der Waals surface area (Å²) in [7, 11) is 0. The Labute approximate surface area is 155 Å². The van der Waals surface area contributed by atoms with Crippen molar-refractivity contribution in [2.45, 2.75) is 6.54 Å². The van der Waals surface area contributed by atoms with Crippen LogP contribution in [-0.4, -0.2) is 34.3 Å². The van der Waals surface area contributed by atoms with Gasteiger partial charge in [-0.3, -0.25) is 14.8 Å². The van der Waals surface area contributed by atoms with E-state index in [1.807, 2.05) is 35.7 Å². The van der Waals surface area contributed by atoms with Crippen LogP contribution in [0.4, 0.5) is 5.69 Å². The Hall–Kier alpha value is -3.66. The van der Waals surface area contributed by atoms with E-state index in [0.717, 1.165) is 27.0 Å². The molecule has 5 aromatic rings. The molecule has 4 aromatic heterocycles. The molecule has 10 heteroatoms. The molecule has 0 amide bonds. The maximum Gasteiger partial charge on any atom is 0.307 e. The lowest BCUT2D eigenvalue weighted by molar-refractivity contribution is -0.385. The van der Waals surface area contributed by atoms with Crippen LogP contribution in [0.1, 0.15) is 5.56 Å². The first-order valence-corrected chi connectivity index (χ1v) is 8.90. The Kier molecular flexibility index (Phi) is 3.44. The number of nitrogens with zero attached hydrogens (tertiary/aromatic N) is 7. The Morgan fingerprint density at radius 2 is 2.04 bits per heavy atom. The van der Waals surface area contributed by atoms with E-state index in [4.69, 9.17) is 0 Å². The van der Waals surface area contributed by atoms with Gasteiger partial charge in [0.1, 0.15) is 23.6 Å². The molecule has 5 rings (SSSR count). The van der Waals surface area contributed by atoms with Crippen LogP contribution in [0, 0.1) is 10.1 Å². The summed E-state index contributed by atoms with van der Waals surface area (Å²) < 4.78 is 3.22. The van der Waals surface area contributed by atoms with E-state index in [0.29, 0.717) is 12.4 Å². The van der Waals surface area contributed by atoms with Crippen molar-refractivity contribution in [3.8, 4) is 11.4 Å². The first-order valence-electron chi connectivity index (χ1n) is 8.02. The largest absolute Gasteiger partial charge is 0.307 e. The Morgan fingerprint density at radius 3 is 2.81 bits per heavy atom. The maximum absolute atomic E-state index is 10.7. The van der Waals surface area contributed by atoms with Gasteiger partial charge in [0.05, 0.1) is 16.9 Å². The second-order valence-electron chi connectivity index (χ2n) is 5.94. The fourth-order valence-corrected chi connectivity index (χ4v) is 3.60. The zero-order valence-corrected chi connectivity index (χ0v) is 14.6. The lowest BCUT2D eigenvalue weighted by Gasteiger charge is -2.02. The van der Waals surface area contributed by atoms with E-state index in [9.17, 15) is 10.1 Å². The summed E-state index contributed by atoms with van der Waals surface area (Å²) in [5.74, 6) is 0.622. The van der Waals surface area contributed by atoms with Gasteiger partial charge >= 0.3 is 5.69 Å².